The lowest BCUT2D eigenvalue weighted by Gasteiger charge is -2.21. The lowest BCUT2D eigenvalue weighted by molar-refractivity contribution is -0.150. The Labute approximate surface area is 147 Å². The molecule has 136 valence electrons. The second-order valence-electron chi connectivity index (χ2n) is 5.79. The van der Waals surface area contributed by atoms with Crippen molar-refractivity contribution in [3.05, 3.63) is 30.1 Å². The smallest absolute Gasteiger partial charge is 0.343 e. The number of carboxylic acids is 1. The van der Waals surface area contributed by atoms with Gasteiger partial charge in [0, 0.05) is 18.7 Å². The van der Waals surface area contributed by atoms with Crippen molar-refractivity contribution in [3.8, 4) is 0 Å². The number of benzene rings is 1. The molecule has 1 aliphatic rings. The maximum absolute atomic E-state index is 14.0. The number of carbonyl (C=O) groups excluding carboxylic acids is 2. The number of halogens is 2. The first-order valence-electron chi connectivity index (χ1n) is 7.59. The molecule has 0 spiro atoms. The Balaban J connectivity index is 1.80. The first-order valence-corrected chi connectivity index (χ1v) is 8.64. The van der Waals surface area contributed by atoms with Crippen LogP contribution in [0.2, 0.25) is 0 Å². The summed E-state index contributed by atoms with van der Waals surface area (Å²) in [7, 11) is 0. The molecule has 25 heavy (non-hydrogen) atoms. The molecule has 1 aliphatic heterocycles. The van der Waals surface area contributed by atoms with Crippen LogP contribution in [0.5, 0.6) is 0 Å². The van der Waals surface area contributed by atoms with Crippen molar-refractivity contribution in [1.82, 2.24) is 4.90 Å². The average molecular weight is 372 g/mol. The van der Waals surface area contributed by atoms with Crippen molar-refractivity contribution in [2.75, 3.05) is 24.2 Å². The summed E-state index contributed by atoms with van der Waals surface area (Å²) in [5.74, 6) is -2.76. The van der Waals surface area contributed by atoms with E-state index in [1.54, 1.807) is 6.92 Å². The Bertz CT molecular complexity index is 671. The summed E-state index contributed by atoms with van der Waals surface area (Å²) in [5.41, 5.74) is -1.96. The monoisotopic (exact) mass is 372 g/mol. The van der Waals surface area contributed by atoms with Gasteiger partial charge < -0.3 is 15.3 Å². The Morgan fingerprint density at radius 2 is 2.00 bits per heavy atom. The third-order valence-electron chi connectivity index (χ3n) is 3.85. The second kappa shape index (κ2) is 7.81. The minimum Gasteiger partial charge on any atom is -0.479 e. The summed E-state index contributed by atoms with van der Waals surface area (Å²) in [4.78, 5) is 36.1. The van der Waals surface area contributed by atoms with E-state index in [4.69, 9.17) is 5.11 Å². The zero-order chi connectivity index (χ0) is 18.6. The van der Waals surface area contributed by atoms with Gasteiger partial charge in [0.05, 0.1) is 17.5 Å². The van der Waals surface area contributed by atoms with E-state index in [1.165, 1.54) is 29.2 Å². The van der Waals surface area contributed by atoms with E-state index in [-0.39, 0.29) is 24.6 Å². The maximum Gasteiger partial charge on any atom is 0.343 e. The number of nitrogens with one attached hydrogen (secondary N) is 1. The lowest BCUT2D eigenvalue weighted by atomic mass is 10.1. The van der Waals surface area contributed by atoms with E-state index < -0.39 is 35.2 Å². The van der Waals surface area contributed by atoms with E-state index in [0.29, 0.717) is 5.69 Å². The molecule has 2 amide bonds. The van der Waals surface area contributed by atoms with Crippen LogP contribution < -0.4 is 5.32 Å². The number of hydrogen-bond acceptors (Lipinski definition) is 4. The normalized spacial score (nSPS) is 21.0. The molecular formula is C16H18F2N2O4S. The van der Waals surface area contributed by atoms with Crippen LogP contribution in [0.3, 0.4) is 0 Å². The molecule has 1 aromatic rings. The molecule has 0 radical (unpaired) electrons. The van der Waals surface area contributed by atoms with Crippen LogP contribution in [0.4, 0.5) is 14.5 Å². The van der Waals surface area contributed by atoms with Gasteiger partial charge in [0.2, 0.25) is 17.5 Å². The van der Waals surface area contributed by atoms with E-state index in [2.05, 4.69) is 5.32 Å². The number of amides is 2. The Morgan fingerprint density at radius 3 is 2.56 bits per heavy atom. The van der Waals surface area contributed by atoms with Crippen LogP contribution in [0.1, 0.15) is 13.3 Å². The van der Waals surface area contributed by atoms with Gasteiger partial charge in [-0.25, -0.2) is 13.6 Å². The van der Waals surface area contributed by atoms with Crippen molar-refractivity contribution in [2.45, 2.75) is 24.3 Å². The summed E-state index contributed by atoms with van der Waals surface area (Å²) in [6.45, 7) is 1.14. The van der Waals surface area contributed by atoms with Crippen molar-refractivity contribution in [3.63, 3.8) is 0 Å². The van der Waals surface area contributed by atoms with Gasteiger partial charge in [0.25, 0.3) is 0 Å². The highest BCUT2D eigenvalue weighted by atomic mass is 32.2. The van der Waals surface area contributed by atoms with E-state index in [9.17, 15) is 23.2 Å². The number of thioether (sulfide) groups is 1. The summed E-state index contributed by atoms with van der Waals surface area (Å²) in [6, 6.07) is 5.27. The highest BCUT2D eigenvalue weighted by molar-refractivity contribution is 8.01. The van der Waals surface area contributed by atoms with Crippen molar-refractivity contribution in [1.29, 1.82) is 0 Å². The van der Waals surface area contributed by atoms with Gasteiger partial charge >= 0.3 is 5.97 Å². The molecule has 6 nitrogen and oxygen atoms in total. The number of nitrogens with zero attached hydrogens (tertiary/aromatic N) is 1. The molecule has 2 atom stereocenters. The molecule has 2 rings (SSSR count). The third-order valence-corrected chi connectivity index (χ3v) is 4.99. The van der Waals surface area contributed by atoms with Crippen molar-refractivity contribution in [2.24, 2.45) is 0 Å². The number of alkyl halides is 1. The second-order valence-corrected chi connectivity index (χ2v) is 7.12. The zero-order valence-electron chi connectivity index (χ0n) is 13.5. The van der Waals surface area contributed by atoms with Crippen LogP contribution in [0.25, 0.3) is 0 Å². The number of anilines is 1. The van der Waals surface area contributed by atoms with Gasteiger partial charge in [-0.05, 0) is 31.2 Å². The number of carboxylic acid groups (broad SMARTS) is 1. The summed E-state index contributed by atoms with van der Waals surface area (Å²) in [6.07, 6.45) is -0.240. The summed E-state index contributed by atoms with van der Waals surface area (Å²) >= 11 is 1.06. The molecule has 0 bridgehead atoms. The molecule has 1 saturated heterocycles. The minimum atomic E-state index is -2.40. The van der Waals surface area contributed by atoms with Gasteiger partial charge in [0.15, 0.2) is 0 Å². The molecule has 2 unspecified atom stereocenters. The number of hydrogen-bond donors (Lipinski definition) is 2. The molecule has 1 fully saturated rings. The fourth-order valence-corrected chi connectivity index (χ4v) is 3.16. The minimum absolute atomic E-state index is 0.0161. The molecule has 0 saturated carbocycles. The number of rotatable bonds is 6. The third kappa shape index (κ3) is 4.91. The fourth-order valence-electron chi connectivity index (χ4n) is 2.39. The van der Waals surface area contributed by atoms with Gasteiger partial charge in [-0.1, -0.05) is 0 Å². The first-order chi connectivity index (χ1) is 11.7. The average Bonchev–Trinajstić information content (AvgIpc) is 2.98. The highest BCUT2D eigenvalue weighted by Gasteiger charge is 2.47. The van der Waals surface area contributed by atoms with Crippen LogP contribution >= 0.6 is 11.8 Å². The van der Waals surface area contributed by atoms with Gasteiger partial charge in [-0.3, -0.25) is 9.59 Å². The largest absolute Gasteiger partial charge is 0.479 e. The van der Waals surface area contributed by atoms with E-state index in [1.807, 2.05) is 0 Å². The van der Waals surface area contributed by atoms with Crippen LogP contribution in [-0.4, -0.2) is 57.6 Å². The topological polar surface area (TPSA) is 86.7 Å². The molecule has 1 heterocycles. The molecule has 9 heteroatoms. The molecular weight excluding hydrogens is 354 g/mol. The summed E-state index contributed by atoms with van der Waals surface area (Å²) < 4.78 is 26.8. The van der Waals surface area contributed by atoms with Crippen LogP contribution in [0, 0.1) is 5.82 Å². The molecule has 1 aromatic carbocycles. The molecule has 0 aliphatic carbocycles. The van der Waals surface area contributed by atoms with Gasteiger partial charge in [-0.2, -0.15) is 0 Å². The lowest BCUT2D eigenvalue weighted by Crippen LogP contribution is -2.41. The zero-order valence-corrected chi connectivity index (χ0v) is 14.3. The predicted molar refractivity (Wildman–Crippen MR) is 89.6 cm³/mol. The SMILES string of the molecule is CC(SCC(=O)Nc1ccc(F)cc1)C(=O)N1CCC(F)(C(=O)O)C1. The highest BCUT2D eigenvalue weighted by Crippen LogP contribution is 2.27. The Kier molecular flexibility index (Phi) is 5.99. The first kappa shape index (κ1) is 19.2. The maximum atomic E-state index is 14.0. The molecule has 0 aromatic heterocycles. The summed E-state index contributed by atoms with van der Waals surface area (Å²) in [5, 5.41) is 10.8. The number of aliphatic carboxylic acids is 1. The van der Waals surface area contributed by atoms with E-state index >= 15 is 0 Å². The van der Waals surface area contributed by atoms with E-state index in [0.717, 1.165) is 11.8 Å². The molecule has 2 N–H and O–H groups in total. The predicted octanol–water partition coefficient (Wildman–Crippen LogP) is 1.91. The number of carbonyl (C=O) groups is 3. The van der Waals surface area contributed by atoms with Crippen molar-refractivity contribution >= 4 is 35.2 Å². The Morgan fingerprint density at radius 1 is 1.36 bits per heavy atom. The fraction of sp³-hybridized carbons (Fsp3) is 0.438. The van der Waals surface area contributed by atoms with Gasteiger partial charge in [-0.15, -0.1) is 11.8 Å². The van der Waals surface area contributed by atoms with Crippen LogP contribution in [0.15, 0.2) is 24.3 Å². The van der Waals surface area contributed by atoms with Crippen molar-refractivity contribution < 1.29 is 28.3 Å². The Hall–Kier alpha value is -2.16. The quantitative estimate of drug-likeness (QED) is 0.797. The van der Waals surface area contributed by atoms with Gasteiger partial charge in [0.1, 0.15) is 5.82 Å². The number of likely N-dealkylation sites (tertiary alicyclic amines) is 1. The standard InChI is InChI=1S/C16H18F2N2O4S/c1-10(14(22)20-7-6-16(18,9-20)15(23)24)25-8-13(21)19-12-4-2-11(17)3-5-12/h2-5,10H,6-9H2,1H3,(H,19,21)(H,23,24). The van der Waals surface area contributed by atoms with Crippen LogP contribution in [-0.2, 0) is 14.4 Å².